The number of alkyl halides is 1. The predicted octanol–water partition coefficient (Wildman–Crippen LogP) is -0.520. The van der Waals surface area contributed by atoms with Crippen molar-refractivity contribution in [3.05, 3.63) is 0 Å². The number of hydrogen-bond donors (Lipinski definition) is 1. The molecule has 1 amide bonds. The molecule has 1 saturated heterocycles. The molecule has 0 bridgehead atoms. The van der Waals surface area contributed by atoms with Gasteiger partial charge in [0.15, 0.2) is 0 Å². The quantitative estimate of drug-likeness (QED) is 0.486. The predicted molar refractivity (Wildman–Crippen MR) is 52.7 cm³/mol. The van der Waals surface area contributed by atoms with Crippen LogP contribution < -0.4 is 0 Å². The molecule has 0 unspecified atom stereocenters. The fourth-order valence-electron chi connectivity index (χ4n) is 1.43. The molecule has 6 heteroatoms. The van der Waals surface area contributed by atoms with Crippen molar-refractivity contribution in [2.24, 2.45) is 0 Å². The third-order valence-electron chi connectivity index (χ3n) is 2.31. The number of piperazine rings is 1. The van der Waals surface area contributed by atoms with Crippen LogP contribution >= 0.6 is 11.6 Å². The smallest absolute Gasteiger partial charge is 0.376 e. The number of nitrogens with zero attached hydrogens (tertiary/aromatic N) is 2. The SMILES string of the molecule is CB(O)N1CCN(C(=O)CCl)CC1. The van der Waals surface area contributed by atoms with Crippen LogP contribution in [0.15, 0.2) is 0 Å². The van der Waals surface area contributed by atoms with Gasteiger partial charge in [-0.15, -0.1) is 11.6 Å². The van der Waals surface area contributed by atoms with Gasteiger partial charge < -0.3 is 14.7 Å². The van der Waals surface area contributed by atoms with Crippen molar-refractivity contribution in [1.29, 1.82) is 0 Å². The van der Waals surface area contributed by atoms with Gasteiger partial charge in [0.25, 0.3) is 0 Å². The minimum absolute atomic E-state index is 0.0214. The first-order chi connectivity index (χ1) is 6.15. The van der Waals surface area contributed by atoms with E-state index in [0.717, 1.165) is 13.1 Å². The van der Waals surface area contributed by atoms with Gasteiger partial charge >= 0.3 is 7.05 Å². The van der Waals surface area contributed by atoms with Crippen LogP contribution in [-0.2, 0) is 4.79 Å². The second-order valence-electron chi connectivity index (χ2n) is 3.18. The standard InChI is InChI=1S/C7H14BClN2O2/c1-8(13)11-4-2-10(3-5-11)7(12)6-9/h13H,2-6H2,1H3. The second-order valence-corrected chi connectivity index (χ2v) is 3.45. The van der Waals surface area contributed by atoms with Gasteiger partial charge in [-0.25, -0.2) is 0 Å². The number of halogens is 1. The molecule has 1 heterocycles. The van der Waals surface area contributed by atoms with E-state index >= 15 is 0 Å². The number of rotatable bonds is 2. The van der Waals surface area contributed by atoms with Gasteiger partial charge in [-0.3, -0.25) is 4.79 Å². The Bertz CT molecular complexity index is 183. The molecule has 74 valence electrons. The Kier molecular flexibility index (Phi) is 4.03. The highest BCUT2D eigenvalue weighted by Gasteiger charge is 2.24. The maximum Gasteiger partial charge on any atom is 0.376 e. The van der Waals surface area contributed by atoms with Crippen LogP contribution in [-0.4, -0.2) is 59.8 Å². The Morgan fingerprint density at radius 1 is 1.46 bits per heavy atom. The van der Waals surface area contributed by atoms with Gasteiger partial charge in [-0.05, 0) is 6.82 Å². The Morgan fingerprint density at radius 2 is 2.00 bits per heavy atom. The molecule has 0 aliphatic carbocycles. The summed E-state index contributed by atoms with van der Waals surface area (Å²) in [7, 11) is -0.423. The molecular formula is C7H14BClN2O2. The molecule has 0 saturated carbocycles. The molecule has 1 fully saturated rings. The zero-order valence-corrected chi connectivity index (χ0v) is 8.50. The number of carbonyl (C=O) groups excluding carboxylic acids is 1. The largest absolute Gasteiger partial charge is 0.437 e. The summed E-state index contributed by atoms with van der Waals surface area (Å²) >= 11 is 5.43. The summed E-state index contributed by atoms with van der Waals surface area (Å²) in [6, 6.07) is 0. The summed E-state index contributed by atoms with van der Waals surface area (Å²) in [6.45, 7) is 4.51. The highest BCUT2D eigenvalue weighted by Crippen LogP contribution is 2.03. The summed E-state index contributed by atoms with van der Waals surface area (Å²) in [4.78, 5) is 14.8. The lowest BCUT2D eigenvalue weighted by atomic mass is 9.84. The number of amides is 1. The molecular weight excluding hydrogens is 190 g/mol. The molecule has 0 radical (unpaired) electrons. The summed E-state index contributed by atoms with van der Waals surface area (Å²) in [6.07, 6.45) is 0. The minimum atomic E-state index is -0.423. The van der Waals surface area contributed by atoms with Gasteiger partial charge in [0.1, 0.15) is 5.88 Å². The van der Waals surface area contributed by atoms with E-state index in [1.165, 1.54) is 0 Å². The first-order valence-electron chi connectivity index (χ1n) is 4.41. The van der Waals surface area contributed by atoms with E-state index in [1.54, 1.807) is 11.7 Å². The highest BCUT2D eigenvalue weighted by atomic mass is 35.5. The third kappa shape index (κ3) is 2.86. The third-order valence-corrected chi connectivity index (χ3v) is 2.54. The highest BCUT2D eigenvalue weighted by molar-refractivity contribution is 6.45. The molecule has 0 atom stereocenters. The van der Waals surface area contributed by atoms with Crippen molar-refractivity contribution >= 4 is 24.6 Å². The topological polar surface area (TPSA) is 43.8 Å². The van der Waals surface area contributed by atoms with Crippen molar-refractivity contribution in [1.82, 2.24) is 9.71 Å². The maximum atomic E-state index is 11.2. The first-order valence-corrected chi connectivity index (χ1v) is 4.94. The van der Waals surface area contributed by atoms with E-state index in [-0.39, 0.29) is 11.8 Å². The van der Waals surface area contributed by atoms with E-state index in [4.69, 9.17) is 11.6 Å². The van der Waals surface area contributed by atoms with Crippen molar-refractivity contribution in [2.45, 2.75) is 6.82 Å². The number of carbonyl (C=O) groups is 1. The molecule has 0 spiro atoms. The average molecular weight is 204 g/mol. The van der Waals surface area contributed by atoms with Crippen LogP contribution in [0.4, 0.5) is 0 Å². The maximum absolute atomic E-state index is 11.2. The van der Waals surface area contributed by atoms with Gasteiger partial charge in [0.05, 0.1) is 0 Å². The molecule has 1 aliphatic heterocycles. The van der Waals surface area contributed by atoms with Crippen LogP contribution in [0.3, 0.4) is 0 Å². The monoisotopic (exact) mass is 204 g/mol. The summed E-state index contributed by atoms with van der Waals surface area (Å²) < 4.78 is 0. The fraction of sp³-hybridized carbons (Fsp3) is 0.857. The van der Waals surface area contributed by atoms with Gasteiger partial charge in [-0.2, -0.15) is 0 Å². The molecule has 1 aliphatic rings. The average Bonchev–Trinajstić information content (AvgIpc) is 2.17. The van der Waals surface area contributed by atoms with E-state index in [9.17, 15) is 9.82 Å². The zero-order chi connectivity index (χ0) is 9.84. The lowest BCUT2D eigenvalue weighted by Crippen LogP contribution is -2.53. The minimum Gasteiger partial charge on any atom is -0.437 e. The first kappa shape index (κ1) is 10.8. The molecule has 1 rings (SSSR count). The lowest BCUT2D eigenvalue weighted by Gasteiger charge is -2.34. The van der Waals surface area contributed by atoms with Gasteiger partial charge in [0, 0.05) is 26.2 Å². The fourth-order valence-corrected chi connectivity index (χ4v) is 1.60. The Balaban J connectivity index is 2.34. The van der Waals surface area contributed by atoms with E-state index in [0.29, 0.717) is 13.1 Å². The van der Waals surface area contributed by atoms with Crippen LogP contribution in [0.25, 0.3) is 0 Å². The van der Waals surface area contributed by atoms with Crippen LogP contribution in [0, 0.1) is 0 Å². The Hall–Kier alpha value is -0.255. The van der Waals surface area contributed by atoms with Crippen LogP contribution in [0.5, 0.6) is 0 Å². The zero-order valence-electron chi connectivity index (χ0n) is 7.74. The van der Waals surface area contributed by atoms with Gasteiger partial charge in [-0.1, -0.05) is 0 Å². The lowest BCUT2D eigenvalue weighted by molar-refractivity contribution is -0.129. The molecule has 13 heavy (non-hydrogen) atoms. The van der Waals surface area contributed by atoms with Gasteiger partial charge in [0.2, 0.25) is 5.91 Å². The molecule has 4 nitrogen and oxygen atoms in total. The number of hydrogen-bond acceptors (Lipinski definition) is 3. The summed E-state index contributed by atoms with van der Waals surface area (Å²) in [5, 5.41) is 9.26. The van der Waals surface area contributed by atoms with Crippen molar-refractivity contribution in [3.8, 4) is 0 Å². The second kappa shape index (κ2) is 4.84. The van der Waals surface area contributed by atoms with Crippen LogP contribution in [0.2, 0.25) is 6.82 Å². The van der Waals surface area contributed by atoms with E-state index < -0.39 is 7.05 Å². The molecule has 0 aromatic rings. The summed E-state index contributed by atoms with van der Waals surface area (Å²) in [5.74, 6) is 0.0289. The summed E-state index contributed by atoms with van der Waals surface area (Å²) in [5.41, 5.74) is 0. The van der Waals surface area contributed by atoms with Crippen LogP contribution in [0.1, 0.15) is 0 Å². The van der Waals surface area contributed by atoms with Crippen molar-refractivity contribution < 1.29 is 9.82 Å². The van der Waals surface area contributed by atoms with E-state index in [2.05, 4.69) is 0 Å². The molecule has 1 N–H and O–H groups in total. The normalized spacial score (nSPS) is 18.8. The molecule has 0 aromatic heterocycles. The molecule has 0 aromatic carbocycles. The Labute approximate surface area is 83.6 Å². The Morgan fingerprint density at radius 3 is 2.38 bits per heavy atom. The van der Waals surface area contributed by atoms with Crippen molar-refractivity contribution in [3.63, 3.8) is 0 Å². The van der Waals surface area contributed by atoms with E-state index in [1.807, 2.05) is 4.81 Å². The van der Waals surface area contributed by atoms with Crippen molar-refractivity contribution in [2.75, 3.05) is 32.1 Å².